The largest absolute Gasteiger partial charge is 0.437 e. The monoisotopic (exact) mass is 323 g/mol. The quantitative estimate of drug-likeness (QED) is 0.793. The van der Waals surface area contributed by atoms with Crippen molar-refractivity contribution in [3.8, 4) is 11.6 Å². The van der Waals surface area contributed by atoms with Crippen molar-refractivity contribution in [2.24, 2.45) is 0 Å². The molecule has 0 unspecified atom stereocenters. The highest BCUT2D eigenvalue weighted by Gasteiger charge is 2.13. The summed E-state index contributed by atoms with van der Waals surface area (Å²) in [5, 5.41) is 0.584. The Hall–Kier alpha value is -1.06. The van der Waals surface area contributed by atoms with Gasteiger partial charge in [0, 0.05) is 16.2 Å². The Balaban J connectivity index is 1.90. The van der Waals surface area contributed by atoms with Gasteiger partial charge in [-0.3, -0.25) is 0 Å². The molecule has 18 heavy (non-hydrogen) atoms. The molecule has 0 atom stereocenters. The van der Waals surface area contributed by atoms with E-state index in [4.69, 9.17) is 16.3 Å². The molecule has 2 aromatic rings. The number of aryl methyl sites for hydroxylation is 2. The third-order valence-electron chi connectivity index (χ3n) is 3.01. The zero-order valence-corrected chi connectivity index (χ0v) is 12.0. The zero-order chi connectivity index (χ0) is 12.5. The van der Waals surface area contributed by atoms with Gasteiger partial charge in [-0.15, -0.1) is 0 Å². The second-order valence-electron chi connectivity index (χ2n) is 4.29. The van der Waals surface area contributed by atoms with Crippen molar-refractivity contribution < 1.29 is 4.74 Å². The number of ether oxygens (including phenoxy) is 1. The summed E-state index contributed by atoms with van der Waals surface area (Å²) in [6, 6.07) is 9.52. The molecular formula is C14H11BrClNO. The van der Waals surface area contributed by atoms with Crippen LogP contribution in [0.1, 0.15) is 17.7 Å². The van der Waals surface area contributed by atoms with E-state index < -0.39 is 0 Å². The molecule has 1 heterocycles. The van der Waals surface area contributed by atoms with E-state index in [1.807, 2.05) is 18.2 Å². The number of hydrogen-bond acceptors (Lipinski definition) is 2. The van der Waals surface area contributed by atoms with Crippen molar-refractivity contribution in [2.45, 2.75) is 19.3 Å². The molecule has 3 rings (SSSR count). The summed E-state index contributed by atoms with van der Waals surface area (Å²) in [4.78, 5) is 4.52. The number of halogens is 2. The van der Waals surface area contributed by atoms with E-state index in [1.165, 1.54) is 12.0 Å². The van der Waals surface area contributed by atoms with E-state index in [9.17, 15) is 0 Å². The number of fused-ring (bicyclic) bond motifs is 1. The van der Waals surface area contributed by atoms with Gasteiger partial charge in [0.05, 0.1) is 5.02 Å². The van der Waals surface area contributed by atoms with Crippen LogP contribution < -0.4 is 4.74 Å². The summed E-state index contributed by atoms with van der Waals surface area (Å²) < 4.78 is 6.68. The van der Waals surface area contributed by atoms with Gasteiger partial charge in [0.1, 0.15) is 5.75 Å². The van der Waals surface area contributed by atoms with Crippen molar-refractivity contribution in [3.05, 3.63) is 51.1 Å². The van der Waals surface area contributed by atoms with Gasteiger partial charge >= 0.3 is 0 Å². The fourth-order valence-electron chi connectivity index (χ4n) is 2.13. The predicted molar refractivity (Wildman–Crippen MR) is 75.5 cm³/mol. The molecule has 92 valence electrons. The van der Waals surface area contributed by atoms with Crippen LogP contribution >= 0.6 is 27.5 Å². The number of nitrogens with zero attached hydrogens (tertiary/aromatic N) is 1. The number of rotatable bonds is 2. The van der Waals surface area contributed by atoms with Crippen molar-refractivity contribution >= 4 is 27.5 Å². The molecular weight excluding hydrogens is 314 g/mol. The lowest BCUT2D eigenvalue weighted by Gasteiger charge is -2.08. The second kappa shape index (κ2) is 4.90. The van der Waals surface area contributed by atoms with Crippen molar-refractivity contribution in [3.63, 3.8) is 0 Å². The molecule has 0 amide bonds. The van der Waals surface area contributed by atoms with Gasteiger partial charge in [0.15, 0.2) is 0 Å². The zero-order valence-electron chi connectivity index (χ0n) is 9.62. The second-order valence-corrected chi connectivity index (χ2v) is 5.61. The van der Waals surface area contributed by atoms with Gasteiger partial charge in [-0.2, -0.15) is 0 Å². The first-order valence-electron chi connectivity index (χ1n) is 5.84. The Morgan fingerprint density at radius 1 is 1.17 bits per heavy atom. The van der Waals surface area contributed by atoms with E-state index in [0.29, 0.717) is 16.7 Å². The van der Waals surface area contributed by atoms with E-state index in [-0.39, 0.29) is 0 Å². The third-order valence-corrected chi connectivity index (χ3v) is 3.82. The van der Waals surface area contributed by atoms with Crippen LogP contribution in [0, 0.1) is 0 Å². The highest BCUT2D eigenvalue weighted by atomic mass is 79.9. The topological polar surface area (TPSA) is 22.1 Å². The van der Waals surface area contributed by atoms with Gasteiger partial charge in [-0.05, 0) is 43.0 Å². The molecule has 0 N–H and O–H groups in total. The lowest BCUT2D eigenvalue weighted by atomic mass is 10.2. The number of aromatic nitrogens is 1. The molecule has 2 nitrogen and oxygen atoms in total. The van der Waals surface area contributed by atoms with E-state index in [1.54, 1.807) is 6.07 Å². The van der Waals surface area contributed by atoms with Crippen LogP contribution in [-0.2, 0) is 12.8 Å². The van der Waals surface area contributed by atoms with E-state index >= 15 is 0 Å². The lowest BCUT2D eigenvalue weighted by Crippen LogP contribution is -1.93. The smallest absolute Gasteiger partial charge is 0.219 e. The minimum absolute atomic E-state index is 0.584. The van der Waals surface area contributed by atoms with Crippen LogP contribution in [0.3, 0.4) is 0 Å². The molecule has 0 fully saturated rings. The van der Waals surface area contributed by atoms with E-state index in [0.717, 1.165) is 23.0 Å². The summed E-state index contributed by atoms with van der Waals surface area (Å²) in [5.74, 6) is 1.23. The third kappa shape index (κ3) is 2.38. The van der Waals surface area contributed by atoms with Gasteiger partial charge in [-0.1, -0.05) is 33.6 Å². The van der Waals surface area contributed by atoms with Crippen LogP contribution in [0.4, 0.5) is 0 Å². The van der Waals surface area contributed by atoms with Crippen molar-refractivity contribution in [2.75, 3.05) is 0 Å². The van der Waals surface area contributed by atoms with Crippen molar-refractivity contribution in [1.29, 1.82) is 0 Å². The highest BCUT2D eigenvalue weighted by Crippen LogP contribution is 2.32. The average Bonchev–Trinajstić information content (AvgIpc) is 2.81. The van der Waals surface area contributed by atoms with Crippen LogP contribution in [0.25, 0.3) is 0 Å². The molecule has 0 saturated heterocycles. The Morgan fingerprint density at radius 2 is 2.06 bits per heavy atom. The average molecular weight is 325 g/mol. The molecule has 4 heteroatoms. The standard InChI is InChI=1S/C14H11BrClNO/c15-10-5-6-11(16)13(8-10)18-14-7-4-9-2-1-3-12(9)17-14/h4-8H,1-3H2. The first-order valence-corrected chi connectivity index (χ1v) is 7.01. The number of pyridine rings is 1. The summed E-state index contributed by atoms with van der Waals surface area (Å²) in [7, 11) is 0. The Bertz CT molecular complexity index is 600. The van der Waals surface area contributed by atoms with Crippen LogP contribution in [0.2, 0.25) is 5.02 Å². The Labute approximate surface area is 119 Å². The maximum absolute atomic E-state index is 6.09. The van der Waals surface area contributed by atoms with E-state index in [2.05, 4.69) is 27.0 Å². The summed E-state index contributed by atoms with van der Waals surface area (Å²) >= 11 is 9.49. The molecule has 0 bridgehead atoms. The van der Waals surface area contributed by atoms with Crippen molar-refractivity contribution in [1.82, 2.24) is 4.98 Å². The maximum atomic E-state index is 6.09. The predicted octanol–water partition coefficient (Wildman–Crippen LogP) is 4.78. The normalized spacial score (nSPS) is 13.4. The molecule has 1 aromatic heterocycles. The number of benzene rings is 1. The molecule has 1 aliphatic carbocycles. The first-order chi connectivity index (χ1) is 8.72. The lowest BCUT2D eigenvalue weighted by molar-refractivity contribution is 0.461. The summed E-state index contributed by atoms with van der Waals surface area (Å²) in [6.07, 6.45) is 3.35. The fourth-order valence-corrected chi connectivity index (χ4v) is 2.62. The van der Waals surface area contributed by atoms with Gasteiger partial charge in [0.2, 0.25) is 5.88 Å². The molecule has 0 spiro atoms. The number of hydrogen-bond donors (Lipinski definition) is 0. The molecule has 1 aromatic carbocycles. The van der Waals surface area contributed by atoms with Gasteiger partial charge < -0.3 is 4.74 Å². The molecule has 0 aliphatic heterocycles. The minimum atomic E-state index is 0.584. The molecule has 0 saturated carbocycles. The van der Waals surface area contributed by atoms with Crippen LogP contribution in [-0.4, -0.2) is 4.98 Å². The van der Waals surface area contributed by atoms with Crippen LogP contribution in [0.5, 0.6) is 11.6 Å². The minimum Gasteiger partial charge on any atom is -0.437 e. The molecule has 0 radical (unpaired) electrons. The Morgan fingerprint density at radius 3 is 2.94 bits per heavy atom. The maximum Gasteiger partial charge on any atom is 0.219 e. The fraction of sp³-hybridized carbons (Fsp3) is 0.214. The highest BCUT2D eigenvalue weighted by molar-refractivity contribution is 9.10. The SMILES string of the molecule is Clc1ccc(Br)cc1Oc1ccc2c(n1)CCC2. The Kier molecular flexibility index (Phi) is 3.27. The summed E-state index contributed by atoms with van der Waals surface area (Å²) in [6.45, 7) is 0. The molecule has 1 aliphatic rings. The summed E-state index contributed by atoms with van der Waals surface area (Å²) in [5.41, 5.74) is 2.49. The first kappa shape index (κ1) is 12.0. The van der Waals surface area contributed by atoms with Crippen LogP contribution in [0.15, 0.2) is 34.8 Å². The van der Waals surface area contributed by atoms with Gasteiger partial charge in [-0.25, -0.2) is 4.98 Å². The van der Waals surface area contributed by atoms with Gasteiger partial charge in [0.25, 0.3) is 0 Å².